The lowest BCUT2D eigenvalue weighted by atomic mass is 9.80. The van der Waals surface area contributed by atoms with Crippen LogP contribution in [0.2, 0.25) is 0 Å². The van der Waals surface area contributed by atoms with Crippen LogP contribution in [0.5, 0.6) is 0 Å². The van der Waals surface area contributed by atoms with E-state index in [0.717, 1.165) is 42.4 Å². The maximum absolute atomic E-state index is 4.72. The molecule has 2 fully saturated rings. The molecule has 3 rings (SSSR count). The summed E-state index contributed by atoms with van der Waals surface area (Å²) in [5, 5.41) is 6.90. The van der Waals surface area contributed by atoms with Crippen molar-refractivity contribution in [3.8, 4) is 0 Å². The summed E-state index contributed by atoms with van der Waals surface area (Å²) in [5.74, 6) is 5.21. The SMILES string of the molecule is CCNc1cc(NCC2CCCCC2C)nc(C2CC2)n1. The molecule has 4 nitrogen and oxygen atoms in total. The molecule has 1 aromatic heterocycles. The maximum Gasteiger partial charge on any atom is 0.136 e. The molecule has 1 heterocycles. The summed E-state index contributed by atoms with van der Waals surface area (Å²) in [7, 11) is 0. The van der Waals surface area contributed by atoms with Crippen molar-refractivity contribution in [2.24, 2.45) is 11.8 Å². The molecular weight excluding hydrogens is 260 g/mol. The maximum atomic E-state index is 4.72. The highest BCUT2D eigenvalue weighted by Crippen LogP contribution is 2.39. The molecule has 1 aromatic rings. The van der Waals surface area contributed by atoms with Gasteiger partial charge in [0.2, 0.25) is 0 Å². The van der Waals surface area contributed by atoms with E-state index < -0.39 is 0 Å². The van der Waals surface area contributed by atoms with Gasteiger partial charge in [0.1, 0.15) is 17.5 Å². The fraction of sp³-hybridized carbons (Fsp3) is 0.765. The summed E-state index contributed by atoms with van der Waals surface area (Å²) in [6.45, 7) is 6.45. The molecule has 2 aliphatic rings. The first-order valence-electron chi connectivity index (χ1n) is 8.63. The zero-order valence-electron chi connectivity index (χ0n) is 13.4. The number of nitrogens with zero attached hydrogens (tertiary/aromatic N) is 2. The minimum absolute atomic E-state index is 0.595. The molecule has 2 N–H and O–H groups in total. The molecule has 0 spiro atoms. The fourth-order valence-corrected chi connectivity index (χ4v) is 3.28. The third-order valence-corrected chi connectivity index (χ3v) is 4.88. The molecule has 0 amide bonds. The summed E-state index contributed by atoms with van der Waals surface area (Å²) in [4.78, 5) is 9.36. The van der Waals surface area contributed by atoms with Gasteiger partial charge in [-0.25, -0.2) is 9.97 Å². The predicted molar refractivity (Wildman–Crippen MR) is 87.8 cm³/mol. The van der Waals surface area contributed by atoms with Gasteiger partial charge < -0.3 is 10.6 Å². The van der Waals surface area contributed by atoms with Crippen molar-refractivity contribution in [2.75, 3.05) is 23.7 Å². The average Bonchev–Trinajstić information content (AvgIpc) is 3.31. The molecule has 4 heteroatoms. The van der Waals surface area contributed by atoms with Crippen LogP contribution in [0.4, 0.5) is 11.6 Å². The van der Waals surface area contributed by atoms with Gasteiger partial charge in [0, 0.05) is 25.1 Å². The molecule has 0 saturated heterocycles. The highest BCUT2D eigenvalue weighted by Gasteiger charge is 2.27. The zero-order valence-corrected chi connectivity index (χ0v) is 13.4. The molecular formula is C17H28N4. The Hall–Kier alpha value is -1.32. The summed E-state index contributed by atoms with van der Waals surface area (Å²) < 4.78 is 0. The van der Waals surface area contributed by atoms with Crippen LogP contribution < -0.4 is 10.6 Å². The van der Waals surface area contributed by atoms with E-state index in [2.05, 4.69) is 35.5 Å². The molecule has 0 aromatic carbocycles. The summed E-state index contributed by atoms with van der Waals surface area (Å²) in [5.41, 5.74) is 0. The number of hydrogen-bond acceptors (Lipinski definition) is 4. The van der Waals surface area contributed by atoms with Crippen molar-refractivity contribution in [2.45, 2.75) is 58.3 Å². The quantitative estimate of drug-likeness (QED) is 0.830. The smallest absolute Gasteiger partial charge is 0.136 e. The third kappa shape index (κ3) is 3.86. The van der Waals surface area contributed by atoms with Gasteiger partial charge >= 0.3 is 0 Å². The summed E-state index contributed by atoms with van der Waals surface area (Å²) in [6.07, 6.45) is 8.02. The first-order chi connectivity index (χ1) is 10.3. The van der Waals surface area contributed by atoms with Crippen LogP contribution in [0.25, 0.3) is 0 Å². The Bertz CT molecular complexity index is 470. The van der Waals surface area contributed by atoms with E-state index in [0.29, 0.717) is 5.92 Å². The molecule has 21 heavy (non-hydrogen) atoms. The fourth-order valence-electron chi connectivity index (χ4n) is 3.28. The van der Waals surface area contributed by atoms with Crippen molar-refractivity contribution in [1.29, 1.82) is 0 Å². The van der Waals surface area contributed by atoms with Gasteiger partial charge in [-0.2, -0.15) is 0 Å². The van der Waals surface area contributed by atoms with Gasteiger partial charge in [-0.1, -0.05) is 26.2 Å². The van der Waals surface area contributed by atoms with Crippen LogP contribution in [0.1, 0.15) is 64.1 Å². The number of aromatic nitrogens is 2. The lowest BCUT2D eigenvalue weighted by Crippen LogP contribution is -2.24. The van der Waals surface area contributed by atoms with E-state index in [-0.39, 0.29) is 0 Å². The van der Waals surface area contributed by atoms with E-state index in [4.69, 9.17) is 4.98 Å². The Morgan fingerprint density at radius 3 is 2.43 bits per heavy atom. The van der Waals surface area contributed by atoms with Crippen LogP contribution in [0.15, 0.2) is 6.07 Å². The Kier molecular flexibility index (Phi) is 4.61. The molecule has 2 unspecified atom stereocenters. The number of rotatable bonds is 6. The zero-order chi connectivity index (χ0) is 14.7. The van der Waals surface area contributed by atoms with Gasteiger partial charge in [-0.05, 0) is 38.0 Å². The van der Waals surface area contributed by atoms with Gasteiger partial charge in [0.25, 0.3) is 0 Å². The van der Waals surface area contributed by atoms with Crippen LogP contribution in [0.3, 0.4) is 0 Å². The third-order valence-electron chi connectivity index (χ3n) is 4.88. The number of hydrogen-bond donors (Lipinski definition) is 2. The van der Waals surface area contributed by atoms with E-state index in [1.807, 2.05) is 0 Å². The van der Waals surface area contributed by atoms with Crippen molar-refractivity contribution in [3.05, 3.63) is 11.9 Å². The predicted octanol–water partition coefficient (Wildman–Crippen LogP) is 4.02. The highest BCUT2D eigenvalue weighted by molar-refractivity contribution is 5.48. The van der Waals surface area contributed by atoms with Gasteiger partial charge in [-0.3, -0.25) is 0 Å². The molecule has 2 atom stereocenters. The second-order valence-electron chi connectivity index (χ2n) is 6.70. The minimum atomic E-state index is 0.595. The van der Waals surface area contributed by atoms with Gasteiger partial charge in [0.15, 0.2) is 0 Å². The topological polar surface area (TPSA) is 49.8 Å². The average molecular weight is 288 g/mol. The molecule has 2 saturated carbocycles. The number of nitrogens with one attached hydrogen (secondary N) is 2. The summed E-state index contributed by atoms with van der Waals surface area (Å²) >= 11 is 0. The normalized spacial score (nSPS) is 25.6. The van der Waals surface area contributed by atoms with Crippen molar-refractivity contribution in [3.63, 3.8) is 0 Å². The van der Waals surface area contributed by atoms with Crippen LogP contribution in [0, 0.1) is 11.8 Å². The standard InChI is InChI=1S/C17H28N4/c1-3-18-15-10-16(21-17(20-15)13-8-9-13)19-11-14-7-5-4-6-12(14)2/h10,12-14H,3-9,11H2,1-2H3,(H2,18,19,20,21). The second kappa shape index (κ2) is 6.63. The van der Waals surface area contributed by atoms with Gasteiger partial charge in [0.05, 0.1) is 0 Å². The largest absolute Gasteiger partial charge is 0.370 e. The lowest BCUT2D eigenvalue weighted by molar-refractivity contribution is 0.268. The van der Waals surface area contributed by atoms with Crippen LogP contribution >= 0.6 is 0 Å². The lowest BCUT2D eigenvalue weighted by Gasteiger charge is -2.29. The second-order valence-corrected chi connectivity index (χ2v) is 6.70. The van der Waals surface area contributed by atoms with Crippen LogP contribution in [-0.2, 0) is 0 Å². The Balaban J connectivity index is 1.65. The Labute approximate surface area is 128 Å². The van der Waals surface area contributed by atoms with Crippen molar-refractivity contribution in [1.82, 2.24) is 9.97 Å². The van der Waals surface area contributed by atoms with Crippen molar-refractivity contribution >= 4 is 11.6 Å². The molecule has 116 valence electrons. The molecule has 0 bridgehead atoms. The Morgan fingerprint density at radius 1 is 1.05 bits per heavy atom. The first kappa shape index (κ1) is 14.6. The number of anilines is 2. The molecule has 0 aliphatic heterocycles. The monoisotopic (exact) mass is 288 g/mol. The van der Waals surface area contributed by atoms with Gasteiger partial charge in [-0.15, -0.1) is 0 Å². The van der Waals surface area contributed by atoms with Crippen LogP contribution in [-0.4, -0.2) is 23.1 Å². The van der Waals surface area contributed by atoms with E-state index >= 15 is 0 Å². The minimum Gasteiger partial charge on any atom is -0.370 e. The first-order valence-corrected chi connectivity index (χ1v) is 8.63. The molecule has 2 aliphatic carbocycles. The highest BCUT2D eigenvalue weighted by atomic mass is 15.1. The Morgan fingerprint density at radius 2 is 1.76 bits per heavy atom. The van der Waals surface area contributed by atoms with Crippen molar-refractivity contribution < 1.29 is 0 Å². The van der Waals surface area contributed by atoms with E-state index in [1.54, 1.807) is 0 Å². The van der Waals surface area contributed by atoms with E-state index in [1.165, 1.54) is 38.5 Å². The van der Waals surface area contributed by atoms with E-state index in [9.17, 15) is 0 Å². The molecule has 0 radical (unpaired) electrons. The summed E-state index contributed by atoms with van der Waals surface area (Å²) in [6, 6.07) is 2.06.